The summed E-state index contributed by atoms with van der Waals surface area (Å²) in [5, 5.41) is 18.0. The third-order valence-electron chi connectivity index (χ3n) is 12.4. The van der Waals surface area contributed by atoms with Gasteiger partial charge in [-0.05, 0) is 79.9 Å². The van der Waals surface area contributed by atoms with E-state index in [9.17, 15) is 19.2 Å². The molecule has 2 N–H and O–H groups in total. The predicted octanol–water partition coefficient (Wildman–Crippen LogP) is 5.05. The van der Waals surface area contributed by atoms with E-state index >= 15 is 0 Å². The Hall–Kier alpha value is -5.65. The molecule has 2 fully saturated rings. The normalized spacial score (nSPS) is 18.4. The van der Waals surface area contributed by atoms with Crippen molar-refractivity contribution in [2.45, 2.75) is 102 Å². The fourth-order valence-corrected chi connectivity index (χ4v) is 9.15. The van der Waals surface area contributed by atoms with Gasteiger partial charge in [-0.1, -0.05) is 63.8 Å². The maximum Gasteiger partial charge on any atom is 0.488 e. The highest BCUT2D eigenvalue weighted by Crippen LogP contribution is 2.41. The van der Waals surface area contributed by atoms with E-state index in [-0.39, 0.29) is 41.0 Å². The molecule has 2 saturated carbocycles. The third-order valence-corrected chi connectivity index (χ3v) is 12.6. The van der Waals surface area contributed by atoms with E-state index in [0.717, 1.165) is 67.1 Å². The molecule has 2 atom stereocenters. The number of nitrogens with zero attached hydrogens (tertiary/aromatic N) is 10. The van der Waals surface area contributed by atoms with Gasteiger partial charge < -0.3 is 39.4 Å². The van der Waals surface area contributed by atoms with Crippen molar-refractivity contribution in [1.82, 2.24) is 29.7 Å². The molecule has 2 aliphatic heterocycles. The molecular formula is C46H60BClN10O6. The lowest BCUT2D eigenvalue weighted by Gasteiger charge is -2.43. The van der Waals surface area contributed by atoms with Gasteiger partial charge in [-0.3, -0.25) is 19.2 Å². The topological polar surface area (TPSA) is 180 Å². The van der Waals surface area contributed by atoms with Crippen molar-refractivity contribution in [2.75, 3.05) is 61.9 Å². The first kappa shape index (κ1) is 47.8. The average Bonchev–Trinajstić information content (AvgIpc) is 4.04. The molecule has 0 radical (unpaired) electrons. The quantitative estimate of drug-likeness (QED) is 0.178. The van der Waals surface area contributed by atoms with Crippen molar-refractivity contribution in [3.8, 4) is 11.4 Å². The standard InChI is InChI=1S/C23H29N5O2.C14H19ClN4O.C9H12BNO3/c1-5-18-23(30)27(4)19-14-24-20(25-21(19)28(18)17-11-6-7-12-17)15-9-8-10-16(13-15)22(29)26(2)3;1-3-10-13(20)18(2)11-8-16-14(15)17-12(11)19(10)9-6-4-5-7-9;1-11(2)9(12)7-4-3-5-8(6-7)10(13)14/h8-10,13-14,17-18H,5-7,11-12H2,1-4H3;8-10H,3-7H2,1-2H3;3-6,13-14H,1-2H3/t18-;10-;/m11./s1. The van der Waals surface area contributed by atoms with Gasteiger partial charge in [0.2, 0.25) is 17.1 Å². The molecule has 340 valence electrons. The number of anilines is 4. The Balaban J connectivity index is 0.000000173. The highest BCUT2D eigenvalue weighted by molar-refractivity contribution is 6.58. The van der Waals surface area contributed by atoms with Crippen molar-refractivity contribution in [3.05, 3.63) is 77.3 Å². The van der Waals surface area contributed by atoms with Gasteiger partial charge in [0.25, 0.3) is 11.8 Å². The molecule has 0 saturated heterocycles. The number of carbonyl (C=O) groups is 4. The number of hydrogen-bond acceptors (Lipinski definition) is 12. The van der Waals surface area contributed by atoms with Crippen LogP contribution in [0.4, 0.5) is 23.0 Å². The van der Waals surface area contributed by atoms with Crippen molar-refractivity contribution in [1.29, 1.82) is 0 Å². The first-order valence-corrected chi connectivity index (χ1v) is 22.5. The molecule has 0 unspecified atom stereocenters. The maximum absolute atomic E-state index is 13.0. The molecular weight excluding hydrogens is 835 g/mol. The summed E-state index contributed by atoms with van der Waals surface area (Å²) in [5.74, 6) is 2.22. The van der Waals surface area contributed by atoms with Crippen molar-refractivity contribution in [2.24, 2.45) is 0 Å². The maximum atomic E-state index is 13.0. The second kappa shape index (κ2) is 20.9. The van der Waals surface area contributed by atoms with Crippen LogP contribution < -0.4 is 25.1 Å². The van der Waals surface area contributed by atoms with Crippen molar-refractivity contribution < 1.29 is 29.2 Å². The van der Waals surface area contributed by atoms with Gasteiger partial charge in [-0.2, -0.15) is 4.98 Å². The summed E-state index contributed by atoms with van der Waals surface area (Å²) in [5.41, 5.74) is 3.67. The van der Waals surface area contributed by atoms with E-state index in [1.807, 2.05) is 25.1 Å². The molecule has 64 heavy (non-hydrogen) atoms. The molecule has 4 aliphatic rings. The molecule has 4 aromatic rings. The first-order valence-electron chi connectivity index (χ1n) is 22.1. The Bertz CT molecular complexity index is 2320. The highest BCUT2D eigenvalue weighted by Gasteiger charge is 2.42. The van der Waals surface area contributed by atoms with Gasteiger partial charge in [-0.25, -0.2) is 15.0 Å². The van der Waals surface area contributed by atoms with Crippen LogP contribution in [0.2, 0.25) is 5.28 Å². The van der Waals surface area contributed by atoms with Gasteiger partial charge in [0.05, 0.1) is 12.4 Å². The number of halogens is 1. The molecule has 16 nitrogen and oxygen atoms in total. The van der Waals surface area contributed by atoms with Gasteiger partial charge in [0.15, 0.2) is 17.5 Å². The Labute approximate surface area is 381 Å². The zero-order chi connectivity index (χ0) is 46.4. The lowest BCUT2D eigenvalue weighted by Crippen LogP contribution is -2.55. The lowest BCUT2D eigenvalue weighted by molar-refractivity contribution is -0.120. The number of benzene rings is 2. The van der Waals surface area contributed by atoms with Crippen LogP contribution in [0.5, 0.6) is 0 Å². The Morgan fingerprint density at radius 3 is 1.62 bits per heavy atom. The zero-order valence-electron chi connectivity index (χ0n) is 38.1. The molecule has 0 spiro atoms. The van der Waals surface area contributed by atoms with E-state index in [1.165, 1.54) is 36.6 Å². The molecule has 4 amide bonds. The molecule has 2 aromatic heterocycles. The number of likely N-dealkylation sites (N-methyl/N-ethyl adjacent to an activating group) is 2. The number of aromatic nitrogens is 4. The first-order chi connectivity index (χ1) is 30.6. The third kappa shape index (κ3) is 10.2. The summed E-state index contributed by atoms with van der Waals surface area (Å²) in [7, 11) is 8.81. The van der Waals surface area contributed by atoms with Crippen LogP contribution in [-0.4, -0.2) is 137 Å². The fraction of sp³-hybridized carbons (Fsp3) is 0.478. The van der Waals surface area contributed by atoms with Gasteiger partial charge >= 0.3 is 7.12 Å². The molecule has 2 aliphatic carbocycles. The smallest absolute Gasteiger partial charge is 0.423 e. The fourth-order valence-electron chi connectivity index (χ4n) is 9.02. The second-order valence-corrected chi connectivity index (χ2v) is 17.4. The van der Waals surface area contributed by atoms with Crippen LogP contribution in [0.25, 0.3) is 11.4 Å². The van der Waals surface area contributed by atoms with E-state index in [2.05, 4.69) is 31.7 Å². The SMILES string of the molecule is CC[C@@H]1C(=O)N(C)c2cnc(-c3cccc(C(=O)N(C)C)c3)nc2N1C1CCCC1.CC[C@@H]1C(=O)N(C)c2cnc(Cl)nc2N1C1CCCC1.CN(C)C(=O)c1cccc(B(O)O)c1. The minimum absolute atomic E-state index is 0.0567. The van der Waals surface area contributed by atoms with E-state index in [4.69, 9.17) is 26.6 Å². The number of hydrogen-bond donors (Lipinski definition) is 2. The zero-order valence-corrected chi connectivity index (χ0v) is 38.9. The summed E-state index contributed by atoms with van der Waals surface area (Å²) in [6.45, 7) is 4.11. The molecule has 18 heteroatoms. The van der Waals surface area contributed by atoms with Crippen LogP contribution in [0, 0.1) is 0 Å². The number of carbonyl (C=O) groups excluding carboxylic acids is 4. The molecule has 4 heterocycles. The van der Waals surface area contributed by atoms with E-state index in [0.29, 0.717) is 34.5 Å². The lowest BCUT2D eigenvalue weighted by atomic mass is 9.79. The van der Waals surface area contributed by atoms with Gasteiger partial charge in [0.1, 0.15) is 23.5 Å². The second-order valence-electron chi connectivity index (χ2n) is 17.1. The van der Waals surface area contributed by atoms with Crippen LogP contribution in [0.15, 0.2) is 60.9 Å². The predicted molar refractivity (Wildman–Crippen MR) is 251 cm³/mol. The number of rotatable bonds is 8. The van der Waals surface area contributed by atoms with Gasteiger partial charge in [0, 0.05) is 71.1 Å². The Morgan fingerprint density at radius 1 is 0.703 bits per heavy atom. The minimum atomic E-state index is -1.54. The highest BCUT2D eigenvalue weighted by atomic mass is 35.5. The van der Waals surface area contributed by atoms with Crippen molar-refractivity contribution in [3.63, 3.8) is 0 Å². The summed E-state index contributed by atoms with van der Waals surface area (Å²) >= 11 is 5.97. The van der Waals surface area contributed by atoms with Crippen LogP contribution in [-0.2, 0) is 9.59 Å². The van der Waals surface area contributed by atoms with Crippen LogP contribution in [0.3, 0.4) is 0 Å². The summed E-state index contributed by atoms with van der Waals surface area (Å²) in [6, 6.07) is 14.1. The monoisotopic (exact) mass is 894 g/mol. The minimum Gasteiger partial charge on any atom is -0.423 e. The Morgan fingerprint density at radius 2 is 1.16 bits per heavy atom. The molecule has 8 rings (SSSR count). The van der Waals surface area contributed by atoms with Gasteiger partial charge in [-0.15, -0.1) is 0 Å². The summed E-state index contributed by atoms with van der Waals surface area (Å²) in [4.78, 5) is 78.1. The number of amides is 4. The van der Waals surface area contributed by atoms with Crippen LogP contribution >= 0.6 is 11.6 Å². The average molecular weight is 895 g/mol. The van der Waals surface area contributed by atoms with E-state index in [1.54, 1.807) is 93.6 Å². The van der Waals surface area contributed by atoms with Crippen LogP contribution in [0.1, 0.15) is 98.8 Å². The Kier molecular flexibility index (Phi) is 15.6. The van der Waals surface area contributed by atoms with Crippen molar-refractivity contribution >= 4 is 70.8 Å². The van der Waals surface area contributed by atoms with E-state index < -0.39 is 7.12 Å². The summed E-state index contributed by atoms with van der Waals surface area (Å²) in [6.07, 6.45) is 14.1. The summed E-state index contributed by atoms with van der Waals surface area (Å²) < 4.78 is 0. The largest absolute Gasteiger partial charge is 0.488 e. The molecule has 0 bridgehead atoms. The number of fused-ring (bicyclic) bond motifs is 2. The molecule has 2 aromatic carbocycles.